The quantitative estimate of drug-likeness (QED) is 0.689. The molecule has 0 aliphatic carbocycles. The predicted octanol–water partition coefficient (Wildman–Crippen LogP) is 2.80. The Kier molecular flexibility index (Phi) is 2.75. The van der Waals surface area contributed by atoms with Crippen molar-refractivity contribution in [2.75, 3.05) is 0 Å². The van der Waals surface area contributed by atoms with E-state index in [9.17, 15) is 18.0 Å². The van der Waals surface area contributed by atoms with Gasteiger partial charge in [-0.05, 0) is 12.1 Å². The molecule has 2 nitrogen and oxygen atoms in total. The average molecular weight is 192 g/mol. The fraction of sp³-hybridized carbons (Fsp3) is 0.375. The number of furan rings is 1. The molecule has 0 aliphatic heterocycles. The summed E-state index contributed by atoms with van der Waals surface area (Å²) in [5.74, 6) is -0.647. The Morgan fingerprint density at radius 1 is 1.46 bits per heavy atom. The van der Waals surface area contributed by atoms with Crippen LogP contribution in [0.3, 0.4) is 0 Å². The predicted molar refractivity (Wildman–Crippen MR) is 38.3 cm³/mol. The number of rotatable bonds is 3. The third-order valence-electron chi connectivity index (χ3n) is 1.43. The minimum atomic E-state index is -4.29. The fourth-order valence-corrected chi connectivity index (χ4v) is 0.816. The zero-order valence-electron chi connectivity index (χ0n) is 6.60. The van der Waals surface area contributed by atoms with Crippen LogP contribution in [0.15, 0.2) is 22.8 Å². The first-order valence-electron chi connectivity index (χ1n) is 3.62. The van der Waals surface area contributed by atoms with E-state index in [4.69, 9.17) is 0 Å². The Labute approximate surface area is 72.3 Å². The number of hydrogen-bond donors (Lipinski definition) is 0. The van der Waals surface area contributed by atoms with Crippen molar-refractivity contribution in [2.24, 2.45) is 0 Å². The van der Waals surface area contributed by atoms with E-state index in [1.807, 2.05) is 0 Å². The number of Topliss-reactive ketones (excluding diaryl/α,β-unsaturated/α-hetero) is 1. The highest BCUT2D eigenvalue weighted by Crippen LogP contribution is 2.22. The van der Waals surface area contributed by atoms with Gasteiger partial charge in [-0.1, -0.05) is 0 Å². The van der Waals surface area contributed by atoms with Gasteiger partial charge in [0.05, 0.1) is 12.7 Å². The largest absolute Gasteiger partial charge is 0.461 e. The first-order valence-corrected chi connectivity index (χ1v) is 3.62. The minimum absolute atomic E-state index is 0.0238. The summed E-state index contributed by atoms with van der Waals surface area (Å²) in [6.45, 7) is 0. The Balaban J connectivity index is 2.44. The van der Waals surface area contributed by atoms with Crippen molar-refractivity contribution < 1.29 is 22.4 Å². The molecule has 0 aromatic carbocycles. The van der Waals surface area contributed by atoms with Crippen molar-refractivity contribution in [2.45, 2.75) is 19.0 Å². The molecule has 0 fully saturated rings. The van der Waals surface area contributed by atoms with E-state index in [0.29, 0.717) is 0 Å². The molecule has 1 rings (SSSR count). The Hall–Kier alpha value is -1.26. The molecule has 5 heteroatoms. The van der Waals surface area contributed by atoms with E-state index in [2.05, 4.69) is 4.42 Å². The van der Waals surface area contributed by atoms with Crippen molar-refractivity contribution in [1.82, 2.24) is 0 Å². The van der Waals surface area contributed by atoms with E-state index in [1.165, 1.54) is 18.4 Å². The second kappa shape index (κ2) is 3.64. The van der Waals surface area contributed by atoms with Crippen LogP contribution in [0, 0.1) is 0 Å². The van der Waals surface area contributed by atoms with Crippen LogP contribution in [0.2, 0.25) is 0 Å². The molecule has 0 amide bonds. The molecule has 0 spiro atoms. The number of halogens is 3. The maximum atomic E-state index is 11.7. The normalized spacial score (nSPS) is 11.6. The summed E-state index contributed by atoms with van der Waals surface area (Å²) in [7, 11) is 0. The Morgan fingerprint density at radius 3 is 2.62 bits per heavy atom. The summed E-state index contributed by atoms with van der Waals surface area (Å²) in [6.07, 6.45) is -4.70. The zero-order valence-corrected chi connectivity index (χ0v) is 6.60. The number of hydrogen-bond acceptors (Lipinski definition) is 2. The van der Waals surface area contributed by atoms with Gasteiger partial charge in [0.15, 0.2) is 11.5 Å². The van der Waals surface area contributed by atoms with Crippen molar-refractivity contribution in [3.05, 3.63) is 24.2 Å². The van der Waals surface area contributed by atoms with Gasteiger partial charge < -0.3 is 4.42 Å². The smallest absolute Gasteiger partial charge is 0.389 e. The average Bonchev–Trinajstić information content (AvgIpc) is 2.50. The van der Waals surface area contributed by atoms with E-state index in [1.54, 1.807) is 0 Å². The highest BCUT2D eigenvalue weighted by atomic mass is 19.4. The maximum Gasteiger partial charge on any atom is 0.389 e. The van der Waals surface area contributed by atoms with E-state index < -0.39 is 24.8 Å². The molecule has 1 heterocycles. The molecular weight excluding hydrogens is 185 g/mol. The molecule has 0 bridgehead atoms. The molecule has 13 heavy (non-hydrogen) atoms. The van der Waals surface area contributed by atoms with Gasteiger partial charge in [0.2, 0.25) is 0 Å². The lowest BCUT2D eigenvalue weighted by atomic mass is 10.2. The molecular formula is C8H7F3O2. The third-order valence-corrected chi connectivity index (χ3v) is 1.43. The number of carbonyl (C=O) groups is 1. The fourth-order valence-electron chi connectivity index (χ4n) is 0.816. The third kappa shape index (κ3) is 3.31. The van der Waals surface area contributed by atoms with Crippen LogP contribution >= 0.6 is 0 Å². The van der Waals surface area contributed by atoms with Crippen LogP contribution in [0.25, 0.3) is 0 Å². The topological polar surface area (TPSA) is 30.2 Å². The Morgan fingerprint density at radius 2 is 2.15 bits per heavy atom. The molecule has 0 saturated heterocycles. The summed E-state index contributed by atoms with van der Waals surface area (Å²) < 4.78 is 39.7. The van der Waals surface area contributed by atoms with Crippen molar-refractivity contribution in [1.29, 1.82) is 0 Å². The number of carbonyl (C=O) groups excluding carboxylic acids is 1. The summed E-state index contributed by atoms with van der Waals surface area (Å²) >= 11 is 0. The lowest BCUT2D eigenvalue weighted by molar-refractivity contribution is -0.133. The van der Waals surface area contributed by atoms with Crippen LogP contribution in [-0.4, -0.2) is 12.0 Å². The van der Waals surface area contributed by atoms with Crippen LogP contribution < -0.4 is 0 Å². The maximum absolute atomic E-state index is 11.7. The molecule has 0 N–H and O–H groups in total. The van der Waals surface area contributed by atoms with Gasteiger partial charge in [0.25, 0.3) is 0 Å². The highest BCUT2D eigenvalue weighted by molar-refractivity contribution is 5.93. The van der Waals surface area contributed by atoms with Crippen molar-refractivity contribution in [3.63, 3.8) is 0 Å². The SMILES string of the molecule is O=C(CCC(F)(F)F)c1ccco1. The van der Waals surface area contributed by atoms with E-state index in [-0.39, 0.29) is 5.76 Å². The van der Waals surface area contributed by atoms with Gasteiger partial charge >= 0.3 is 6.18 Å². The number of ketones is 1. The zero-order chi connectivity index (χ0) is 9.90. The first-order chi connectivity index (χ1) is 5.99. The van der Waals surface area contributed by atoms with Gasteiger partial charge in [-0.15, -0.1) is 0 Å². The monoisotopic (exact) mass is 192 g/mol. The summed E-state index contributed by atoms with van der Waals surface area (Å²) in [4.78, 5) is 11.0. The molecule has 0 radical (unpaired) electrons. The second-order valence-corrected chi connectivity index (χ2v) is 2.52. The molecule has 0 atom stereocenters. The van der Waals surface area contributed by atoms with Crippen LogP contribution in [0.4, 0.5) is 13.2 Å². The van der Waals surface area contributed by atoms with Crippen molar-refractivity contribution >= 4 is 5.78 Å². The summed E-state index contributed by atoms with van der Waals surface area (Å²) in [6, 6.07) is 2.81. The minimum Gasteiger partial charge on any atom is -0.461 e. The lowest BCUT2D eigenvalue weighted by Gasteiger charge is -2.03. The molecule has 0 aliphatic rings. The second-order valence-electron chi connectivity index (χ2n) is 2.52. The summed E-state index contributed by atoms with van der Waals surface area (Å²) in [5.41, 5.74) is 0. The molecule has 0 unspecified atom stereocenters. The standard InChI is InChI=1S/C8H7F3O2/c9-8(10,11)4-3-6(12)7-2-1-5-13-7/h1-2,5H,3-4H2. The van der Waals surface area contributed by atoms with Gasteiger partial charge in [-0.25, -0.2) is 0 Å². The summed E-state index contributed by atoms with van der Waals surface area (Å²) in [5, 5.41) is 0. The molecule has 1 aromatic heterocycles. The van der Waals surface area contributed by atoms with Crippen LogP contribution in [-0.2, 0) is 0 Å². The molecule has 0 saturated carbocycles. The van der Waals surface area contributed by atoms with Gasteiger partial charge in [0, 0.05) is 6.42 Å². The van der Waals surface area contributed by atoms with Gasteiger partial charge in [0.1, 0.15) is 0 Å². The van der Waals surface area contributed by atoms with Gasteiger partial charge in [-0.2, -0.15) is 13.2 Å². The molecule has 72 valence electrons. The first kappa shape index (κ1) is 9.83. The Bertz CT molecular complexity index is 274. The highest BCUT2D eigenvalue weighted by Gasteiger charge is 2.28. The molecule has 1 aromatic rings. The van der Waals surface area contributed by atoms with Crippen LogP contribution in [0.5, 0.6) is 0 Å². The van der Waals surface area contributed by atoms with Crippen molar-refractivity contribution in [3.8, 4) is 0 Å². The van der Waals surface area contributed by atoms with Crippen LogP contribution in [0.1, 0.15) is 23.4 Å². The van der Waals surface area contributed by atoms with Gasteiger partial charge in [-0.3, -0.25) is 4.79 Å². The van der Waals surface area contributed by atoms with E-state index in [0.717, 1.165) is 0 Å². The lowest BCUT2D eigenvalue weighted by Crippen LogP contribution is -2.10. The van der Waals surface area contributed by atoms with E-state index >= 15 is 0 Å². The number of alkyl halides is 3.